The lowest BCUT2D eigenvalue weighted by atomic mass is 9.34. The molecule has 0 saturated heterocycles. The molecule has 0 unspecified atom stereocenters. The highest BCUT2D eigenvalue weighted by atomic mass is 14.6. The fraction of sp³-hybridized carbons (Fsp3) is 0.222. The molecule has 0 spiro atoms. The predicted molar refractivity (Wildman–Crippen MR) is 128 cm³/mol. The number of aryl methyl sites for hydroxylation is 6. The molecule has 0 aliphatic rings. The Kier molecular flexibility index (Phi) is 5.04. The SMILES string of the molecule is Cc1cc(C)c(B(c2c(C)cc(C)cc2C)c2cccc3cccnc23)c(C)c1. The van der Waals surface area contributed by atoms with Gasteiger partial charge in [0.2, 0.25) is 6.71 Å². The predicted octanol–water partition coefficient (Wildman–Crippen LogP) is 4.60. The van der Waals surface area contributed by atoms with Crippen molar-refractivity contribution in [1.82, 2.24) is 4.98 Å². The maximum Gasteiger partial charge on any atom is 0.245 e. The van der Waals surface area contributed by atoms with Crippen LogP contribution in [0.3, 0.4) is 0 Å². The van der Waals surface area contributed by atoms with Crippen molar-refractivity contribution in [3.05, 3.63) is 94.2 Å². The summed E-state index contributed by atoms with van der Waals surface area (Å²) in [5.74, 6) is 0. The zero-order chi connectivity index (χ0) is 20.7. The van der Waals surface area contributed by atoms with Crippen LogP contribution in [-0.4, -0.2) is 11.7 Å². The lowest BCUT2D eigenvalue weighted by molar-refractivity contribution is 1.34. The molecule has 0 atom stereocenters. The molecule has 1 heterocycles. The zero-order valence-corrected chi connectivity index (χ0v) is 18.3. The average molecular weight is 377 g/mol. The topological polar surface area (TPSA) is 12.9 Å². The van der Waals surface area contributed by atoms with Gasteiger partial charge in [0.25, 0.3) is 0 Å². The summed E-state index contributed by atoms with van der Waals surface area (Å²) in [6.45, 7) is 13.5. The van der Waals surface area contributed by atoms with Gasteiger partial charge in [-0.2, -0.15) is 0 Å². The molecule has 2 heteroatoms. The highest BCUT2D eigenvalue weighted by Crippen LogP contribution is 2.15. The third-order valence-corrected chi connectivity index (χ3v) is 6.03. The number of hydrogen-bond acceptors (Lipinski definition) is 1. The molecule has 0 bridgehead atoms. The molecule has 4 rings (SSSR count). The first-order valence-corrected chi connectivity index (χ1v) is 10.4. The van der Waals surface area contributed by atoms with Crippen molar-refractivity contribution in [3.8, 4) is 0 Å². The summed E-state index contributed by atoms with van der Waals surface area (Å²) in [7, 11) is 0. The van der Waals surface area contributed by atoms with Gasteiger partial charge in [-0.1, -0.05) is 92.8 Å². The molecule has 4 aromatic rings. The molecule has 1 aromatic heterocycles. The van der Waals surface area contributed by atoms with Crippen LogP contribution in [0.2, 0.25) is 0 Å². The highest BCUT2D eigenvalue weighted by Gasteiger charge is 2.29. The first-order valence-electron chi connectivity index (χ1n) is 10.4. The molecule has 0 aliphatic carbocycles. The van der Waals surface area contributed by atoms with Gasteiger partial charge in [0.05, 0.1) is 5.52 Å². The third kappa shape index (κ3) is 3.48. The molecule has 0 aliphatic heterocycles. The van der Waals surface area contributed by atoms with E-state index in [0.717, 1.165) is 5.52 Å². The maximum absolute atomic E-state index is 4.81. The first kappa shape index (κ1) is 19.5. The minimum atomic E-state index is 0.162. The van der Waals surface area contributed by atoms with Gasteiger partial charge >= 0.3 is 0 Å². The summed E-state index contributed by atoms with van der Waals surface area (Å²) >= 11 is 0. The molecule has 0 N–H and O–H groups in total. The second kappa shape index (κ2) is 7.52. The number of fused-ring (bicyclic) bond motifs is 1. The van der Waals surface area contributed by atoms with E-state index in [-0.39, 0.29) is 6.71 Å². The van der Waals surface area contributed by atoms with Crippen LogP contribution in [0.1, 0.15) is 33.4 Å². The van der Waals surface area contributed by atoms with Crippen LogP contribution in [0.4, 0.5) is 0 Å². The Morgan fingerprint density at radius 2 is 1.10 bits per heavy atom. The molecule has 0 radical (unpaired) electrons. The second-order valence-corrected chi connectivity index (χ2v) is 8.48. The molecule has 29 heavy (non-hydrogen) atoms. The van der Waals surface area contributed by atoms with E-state index < -0.39 is 0 Å². The van der Waals surface area contributed by atoms with Gasteiger partial charge in [-0.25, -0.2) is 0 Å². The van der Waals surface area contributed by atoms with Crippen LogP contribution >= 0.6 is 0 Å². The van der Waals surface area contributed by atoms with Gasteiger partial charge in [0, 0.05) is 6.20 Å². The summed E-state index contributed by atoms with van der Waals surface area (Å²) in [6.07, 6.45) is 1.91. The van der Waals surface area contributed by atoms with Crippen molar-refractivity contribution in [2.75, 3.05) is 0 Å². The van der Waals surface area contributed by atoms with E-state index in [1.165, 1.54) is 55.2 Å². The smallest absolute Gasteiger partial charge is 0.245 e. The van der Waals surface area contributed by atoms with Crippen molar-refractivity contribution in [2.24, 2.45) is 0 Å². The molecular weight excluding hydrogens is 349 g/mol. The Morgan fingerprint density at radius 1 is 0.621 bits per heavy atom. The fourth-order valence-electron chi connectivity index (χ4n) is 5.11. The first-order chi connectivity index (χ1) is 13.9. The van der Waals surface area contributed by atoms with E-state index in [9.17, 15) is 0 Å². The van der Waals surface area contributed by atoms with Crippen LogP contribution in [0.15, 0.2) is 60.8 Å². The second-order valence-electron chi connectivity index (χ2n) is 8.48. The van der Waals surface area contributed by atoms with Crippen molar-refractivity contribution >= 4 is 34.0 Å². The molecule has 0 amide bonds. The van der Waals surface area contributed by atoms with Crippen molar-refractivity contribution in [1.29, 1.82) is 0 Å². The summed E-state index contributed by atoms with van der Waals surface area (Å²) in [6, 6.07) is 20.0. The van der Waals surface area contributed by atoms with Crippen molar-refractivity contribution in [2.45, 2.75) is 41.5 Å². The number of benzene rings is 3. The number of hydrogen-bond donors (Lipinski definition) is 0. The minimum absolute atomic E-state index is 0.162. The molecule has 144 valence electrons. The molecular formula is C27H28BN. The number of para-hydroxylation sites is 1. The lowest BCUT2D eigenvalue weighted by Crippen LogP contribution is -2.56. The summed E-state index contributed by atoms with van der Waals surface area (Å²) in [5.41, 5.74) is 13.2. The largest absolute Gasteiger partial charge is 0.257 e. The molecule has 0 fully saturated rings. The van der Waals surface area contributed by atoms with Crippen LogP contribution in [0.25, 0.3) is 10.9 Å². The monoisotopic (exact) mass is 377 g/mol. The van der Waals surface area contributed by atoms with Crippen LogP contribution in [0, 0.1) is 41.5 Å². The van der Waals surface area contributed by atoms with Crippen LogP contribution in [-0.2, 0) is 0 Å². The Morgan fingerprint density at radius 3 is 1.62 bits per heavy atom. The van der Waals surface area contributed by atoms with Gasteiger partial charge in [-0.15, -0.1) is 0 Å². The molecule has 3 aromatic carbocycles. The standard InChI is InChI=1S/C27H28BN/c1-17-13-19(3)25(20(4)14-17)28(26-21(5)15-18(2)16-22(26)6)24-11-7-9-23-10-8-12-29-27(23)24/h7-16H,1-6H3. The number of pyridine rings is 1. The fourth-order valence-corrected chi connectivity index (χ4v) is 5.11. The third-order valence-electron chi connectivity index (χ3n) is 6.03. The van der Waals surface area contributed by atoms with Crippen LogP contribution < -0.4 is 16.4 Å². The Bertz CT molecular complexity index is 1110. The van der Waals surface area contributed by atoms with Gasteiger partial charge in [0.1, 0.15) is 0 Å². The van der Waals surface area contributed by atoms with Gasteiger partial charge in [0.15, 0.2) is 0 Å². The number of nitrogens with zero attached hydrogens (tertiary/aromatic N) is 1. The van der Waals surface area contributed by atoms with Crippen molar-refractivity contribution < 1.29 is 0 Å². The minimum Gasteiger partial charge on any atom is -0.257 e. The van der Waals surface area contributed by atoms with E-state index >= 15 is 0 Å². The summed E-state index contributed by atoms with van der Waals surface area (Å²) in [4.78, 5) is 4.81. The van der Waals surface area contributed by atoms with Gasteiger partial charge < -0.3 is 0 Å². The van der Waals surface area contributed by atoms with E-state index in [1.54, 1.807) is 0 Å². The zero-order valence-electron chi connectivity index (χ0n) is 18.3. The van der Waals surface area contributed by atoms with Crippen LogP contribution in [0.5, 0.6) is 0 Å². The van der Waals surface area contributed by atoms with E-state index in [0.29, 0.717) is 0 Å². The Balaban J connectivity index is 2.12. The van der Waals surface area contributed by atoms with Crippen molar-refractivity contribution in [3.63, 3.8) is 0 Å². The Hall–Kier alpha value is -2.87. The molecule has 0 saturated carbocycles. The maximum atomic E-state index is 4.81. The van der Waals surface area contributed by atoms with Gasteiger partial charge in [-0.05, 0) is 58.5 Å². The highest BCUT2D eigenvalue weighted by molar-refractivity contribution is 6.97. The number of rotatable bonds is 3. The molecule has 1 nitrogen and oxygen atoms in total. The number of aromatic nitrogens is 1. The van der Waals surface area contributed by atoms with E-state index in [1.807, 2.05) is 12.3 Å². The van der Waals surface area contributed by atoms with E-state index in [2.05, 4.69) is 90.1 Å². The quantitative estimate of drug-likeness (QED) is 0.476. The normalized spacial score (nSPS) is 11.1. The van der Waals surface area contributed by atoms with E-state index in [4.69, 9.17) is 4.98 Å². The lowest BCUT2D eigenvalue weighted by Gasteiger charge is -2.25. The average Bonchev–Trinajstić information content (AvgIpc) is 2.65. The summed E-state index contributed by atoms with van der Waals surface area (Å²) in [5, 5.41) is 1.19. The van der Waals surface area contributed by atoms with Gasteiger partial charge in [-0.3, -0.25) is 4.98 Å². The summed E-state index contributed by atoms with van der Waals surface area (Å²) < 4.78 is 0. The Labute approximate surface area is 174 Å².